The Balaban J connectivity index is 1.28. The number of hydrogen-bond donors (Lipinski definition) is 2. The van der Waals surface area contributed by atoms with E-state index < -0.39 is 16.8 Å². The zero-order valence-corrected chi connectivity index (χ0v) is 22.7. The van der Waals surface area contributed by atoms with E-state index in [9.17, 15) is 18.7 Å². The molecule has 1 aromatic carbocycles. The summed E-state index contributed by atoms with van der Waals surface area (Å²) in [5.74, 6) is 0.911. The molecule has 2 aliphatic carbocycles. The van der Waals surface area contributed by atoms with Crippen LogP contribution in [0, 0.1) is 5.41 Å². The molecular weight excluding hydrogens is 502 g/mol. The van der Waals surface area contributed by atoms with Crippen molar-refractivity contribution in [2.24, 2.45) is 5.41 Å². The van der Waals surface area contributed by atoms with Crippen LogP contribution in [0.25, 0.3) is 0 Å². The predicted octanol–water partition coefficient (Wildman–Crippen LogP) is 3.83. The summed E-state index contributed by atoms with van der Waals surface area (Å²) in [7, 11) is 0. The van der Waals surface area contributed by atoms with Gasteiger partial charge in [0.15, 0.2) is 0 Å². The topological polar surface area (TPSA) is 112 Å². The summed E-state index contributed by atoms with van der Waals surface area (Å²) in [5, 5.41) is 13.0. The first-order valence-corrected chi connectivity index (χ1v) is 14.8. The summed E-state index contributed by atoms with van der Waals surface area (Å²) in [6.45, 7) is 5.02. The van der Waals surface area contributed by atoms with Gasteiger partial charge in [0, 0.05) is 37.4 Å². The molecule has 38 heavy (non-hydrogen) atoms. The minimum atomic E-state index is -2.40. The fraction of sp³-hybridized carbons (Fsp3) is 0.571. The van der Waals surface area contributed by atoms with E-state index in [1.807, 2.05) is 30.0 Å². The van der Waals surface area contributed by atoms with E-state index in [4.69, 9.17) is 0 Å². The summed E-state index contributed by atoms with van der Waals surface area (Å²) in [6, 6.07) is 10.9. The van der Waals surface area contributed by atoms with Crippen molar-refractivity contribution in [1.29, 1.82) is 0 Å². The molecule has 2 saturated carbocycles. The van der Waals surface area contributed by atoms with Crippen LogP contribution in [-0.4, -0.2) is 62.6 Å². The monoisotopic (exact) mass is 538 g/mol. The second kappa shape index (κ2) is 9.81. The van der Waals surface area contributed by atoms with Crippen molar-refractivity contribution in [1.82, 2.24) is 4.98 Å². The lowest BCUT2D eigenvalue weighted by Crippen LogP contribution is -2.38. The van der Waals surface area contributed by atoms with Crippen LogP contribution in [-0.2, 0) is 11.3 Å². The van der Waals surface area contributed by atoms with Gasteiger partial charge < -0.3 is 24.8 Å². The molecule has 1 spiro atoms. The van der Waals surface area contributed by atoms with E-state index >= 15 is 0 Å². The fourth-order valence-electron chi connectivity index (χ4n) is 5.98. The van der Waals surface area contributed by atoms with Crippen molar-refractivity contribution >= 4 is 40.2 Å². The number of benzene rings is 1. The smallest absolute Gasteiger partial charge is 0.258 e. The quantitative estimate of drug-likeness (QED) is 0.515. The first-order valence-electron chi connectivity index (χ1n) is 13.8. The van der Waals surface area contributed by atoms with Gasteiger partial charge in [-0.05, 0) is 94.0 Å². The van der Waals surface area contributed by atoms with Crippen LogP contribution in [0.3, 0.4) is 0 Å². The molecule has 2 saturated heterocycles. The summed E-state index contributed by atoms with van der Waals surface area (Å²) in [5.41, 5.74) is 1.96. The van der Waals surface area contributed by atoms with Crippen LogP contribution < -0.4 is 19.4 Å². The van der Waals surface area contributed by atoms with Crippen LogP contribution in [0.5, 0.6) is 0 Å². The Hall–Kier alpha value is -2.69. The number of carbonyl (C=O) groups is 1. The average molecular weight is 539 g/mol. The molecule has 1 aromatic heterocycles. The van der Waals surface area contributed by atoms with E-state index in [0.29, 0.717) is 29.0 Å². The first-order chi connectivity index (χ1) is 18.3. The number of pyridine rings is 1. The molecule has 0 radical (unpaired) electrons. The highest BCUT2D eigenvalue weighted by molar-refractivity contribution is 7.80. The lowest BCUT2D eigenvalue weighted by Gasteiger charge is -2.37. The minimum Gasteiger partial charge on any atom is -0.755 e. The molecule has 2 aromatic rings. The van der Waals surface area contributed by atoms with Gasteiger partial charge in [-0.1, -0.05) is 6.07 Å². The van der Waals surface area contributed by atoms with Crippen molar-refractivity contribution in [2.45, 2.75) is 69.9 Å². The zero-order chi connectivity index (χ0) is 26.5. The van der Waals surface area contributed by atoms with Gasteiger partial charge in [0.2, 0.25) is 0 Å². The van der Waals surface area contributed by atoms with Gasteiger partial charge in [0.05, 0.1) is 28.6 Å². The number of anilines is 4. The second-order valence-corrected chi connectivity index (χ2v) is 12.6. The number of hydrogen-bond acceptors (Lipinski definition) is 7. The van der Waals surface area contributed by atoms with Crippen LogP contribution in [0.4, 0.5) is 23.0 Å². The molecule has 204 valence electrons. The second-order valence-electron chi connectivity index (χ2n) is 11.8. The number of amides is 1. The molecule has 4 fully saturated rings. The molecule has 2 atom stereocenters. The Morgan fingerprint density at radius 1 is 1.11 bits per heavy atom. The molecule has 2 N–H and O–H groups in total. The fourth-order valence-corrected chi connectivity index (χ4v) is 6.80. The van der Waals surface area contributed by atoms with Gasteiger partial charge in [-0.2, -0.15) is 0 Å². The summed E-state index contributed by atoms with van der Waals surface area (Å²) < 4.78 is 25.9. The van der Waals surface area contributed by atoms with Gasteiger partial charge >= 0.3 is 0 Å². The van der Waals surface area contributed by atoms with E-state index in [2.05, 4.69) is 15.2 Å². The lowest BCUT2D eigenvalue weighted by molar-refractivity contribution is 0.102. The number of β-amino-alcohol motifs (C(OH)–C–C–N with tert-alkyl or cyclic N) is 1. The number of aromatic nitrogens is 1. The molecule has 10 heteroatoms. The standard InChI is InChI=1S/C28H37N5O4S/c1-27(9-10-27)33(38(36)37)20-7-8-22(23(18-20)31-16-13-28(11-12-28)14-17-31)26(35)30-24-5-2-6-25(29-24)32-15-3-4-21(34)19-32/h2,5-8,18,21,34H,3-4,9-17,19H2,1H3,(H,36,37)(H,29,30,35)/p-1/t21-/m1/s1. The number of nitrogens with zero attached hydrogens (tertiary/aromatic N) is 4. The molecule has 2 aliphatic heterocycles. The van der Waals surface area contributed by atoms with Gasteiger partial charge in [0.1, 0.15) is 11.6 Å². The number of carbonyl (C=O) groups excluding carboxylic acids is 1. The van der Waals surface area contributed by atoms with E-state index in [0.717, 1.165) is 69.7 Å². The van der Waals surface area contributed by atoms with Gasteiger partial charge in [-0.15, -0.1) is 0 Å². The minimum absolute atomic E-state index is 0.269. The number of aliphatic hydroxyl groups is 1. The third kappa shape index (κ3) is 5.13. The van der Waals surface area contributed by atoms with E-state index in [-0.39, 0.29) is 12.0 Å². The third-order valence-corrected chi connectivity index (χ3v) is 9.84. The Morgan fingerprint density at radius 2 is 1.87 bits per heavy atom. The predicted molar refractivity (Wildman–Crippen MR) is 148 cm³/mol. The van der Waals surface area contributed by atoms with Crippen LogP contribution in [0.1, 0.15) is 68.6 Å². The maximum Gasteiger partial charge on any atom is 0.258 e. The summed E-state index contributed by atoms with van der Waals surface area (Å²) >= 11 is -2.40. The Bertz CT molecular complexity index is 1240. The summed E-state index contributed by atoms with van der Waals surface area (Å²) in [4.78, 5) is 22.6. The number of piperidine rings is 2. The Labute approximate surface area is 226 Å². The molecule has 1 amide bonds. The van der Waals surface area contributed by atoms with Crippen molar-refractivity contribution < 1.29 is 18.7 Å². The molecule has 6 rings (SSSR count). The van der Waals surface area contributed by atoms with Crippen molar-refractivity contribution in [2.75, 3.05) is 45.6 Å². The number of aliphatic hydroxyl groups excluding tert-OH is 1. The van der Waals surface area contributed by atoms with Crippen LogP contribution in [0.15, 0.2) is 36.4 Å². The maximum atomic E-state index is 13.6. The van der Waals surface area contributed by atoms with Gasteiger partial charge in [-0.3, -0.25) is 13.3 Å². The molecule has 1 unspecified atom stereocenters. The average Bonchev–Trinajstić information content (AvgIpc) is 3.83. The molecule has 4 aliphatic rings. The van der Waals surface area contributed by atoms with Crippen LogP contribution >= 0.6 is 0 Å². The zero-order valence-electron chi connectivity index (χ0n) is 21.9. The Morgan fingerprint density at radius 3 is 2.53 bits per heavy atom. The third-order valence-electron chi connectivity index (χ3n) is 8.89. The van der Waals surface area contributed by atoms with E-state index in [1.165, 1.54) is 17.1 Å². The largest absolute Gasteiger partial charge is 0.755 e. The van der Waals surface area contributed by atoms with Crippen molar-refractivity contribution in [3.05, 3.63) is 42.0 Å². The first kappa shape index (κ1) is 25.6. The molecule has 0 bridgehead atoms. The highest BCUT2D eigenvalue weighted by atomic mass is 32.2. The van der Waals surface area contributed by atoms with Crippen molar-refractivity contribution in [3.63, 3.8) is 0 Å². The van der Waals surface area contributed by atoms with E-state index in [1.54, 1.807) is 18.2 Å². The van der Waals surface area contributed by atoms with Gasteiger partial charge in [0.25, 0.3) is 5.91 Å². The molecular formula is C28H36N5O4S-. The number of nitrogens with one attached hydrogen (secondary N) is 1. The highest BCUT2D eigenvalue weighted by Crippen LogP contribution is 2.54. The normalized spacial score (nSPS) is 24.1. The van der Waals surface area contributed by atoms with Crippen LogP contribution in [0.2, 0.25) is 0 Å². The molecule has 3 heterocycles. The maximum absolute atomic E-state index is 13.6. The van der Waals surface area contributed by atoms with Crippen molar-refractivity contribution in [3.8, 4) is 0 Å². The number of rotatable bonds is 7. The summed E-state index contributed by atoms with van der Waals surface area (Å²) in [6.07, 6.45) is 7.72. The molecule has 9 nitrogen and oxygen atoms in total. The highest BCUT2D eigenvalue weighted by Gasteiger charge is 2.46. The SMILES string of the molecule is CC1(N(c2ccc(C(=O)Nc3cccc(N4CCC[C@@H](O)C4)n3)c(N3CCC4(CC3)CC4)c2)S(=O)[O-])CC1. The van der Waals surface area contributed by atoms with Gasteiger partial charge in [-0.25, -0.2) is 4.98 Å². The lowest BCUT2D eigenvalue weighted by atomic mass is 9.93. The Kier molecular flexibility index (Phi) is 6.60.